The molecule has 0 radical (unpaired) electrons. The minimum atomic E-state index is -0.718. The zero-order valence-electron chi connectivity index (χ0n) is 27.0. The normalized spacial score (nSPS) is 19.5. The molecule has 3 heterocycles. The summed E-state index contributed by atoms with van der Waals surface area (Å²) in [6, 6.07) is 3.87. The number of amides is 3. The van der Waals surface area contributed by atoms with Crippen LogP contribution in [0.2, 0.25) is 0 Å². The van der Waals surface area contributed by atoms with Crippen molar-refractivity contribution < 1.29 is 33.0 Å². The van der Waals surface area contributed by atoms with Gasteiger partial charge < -0.3 is 33.5 Å². The summed E-state index contributed by atoms with van der Waals surface area (Å²) in [5.74, 6) is -0.961. The first kappa shape index (κ1) is 33.6. The van der Waals surface area contributed by atoms with Crippen LogP contribution in [0.1, 0.15) is 64.5 Å². The summed E-state index contributed by atoms with van der Waals surface area (Å²) < 4.78 is 32.5. The Hall–Kier alpha value is -3.25. The number of unbranched alkanes of at least 4 members (excludes halogenated alkanes) is 1. The molecule has 2 aromatic rings. The minimum Gasteiger partial charge on any atom is -0.444 e. The number of aryl methyl sites for hydroxylation is 1. The Balaban J connectivity index is 1.70. The summed E-state index contributed by atoms with van der Waals surface area (Å²) in [5.41, 5.74) is 0.365. The predicted octanol–water partition coefficient (Wildman–Crippen LogP) is 4.18. The Bertz CT molecular complexity index is 1300. The number of nitrogens with zero attached hydrogens (tertiary/aromatic N) is 5. The average molecular weight is 618 g/mol. The molecule has 1 aromatic heterocycles. The van der Waals surface area contributed by atoms with Crippen LogP contribution in [0.25, 0.3) is 11.0 Å². The van der Waals surface area contributed by atoms with Crippen molar-refractivity contribution in [2.75, 3.05) is 59.7 Å². The van der Waals surface area contributed by atoms with Crippen LogP contribution in [0.4, 0.5) is 9.18 Å². The van der Waals surface area contributed by atoms with Crippen molar-refractivity contribution in [1.29, 1.82) is 0 Å². The lowest BCUT2D eigenvalue weighted by Gasteiger charge is -2.44. The first-order chi connectivity index (χ1) is 20.9. The molecule has 0 saturated carbocycles. The van der Waals surface area contributed by atoms with Gasteiger partial charge in [0, 0.05) is 53.0 Å². The number of imidazole rings is 1. The van der Waals surface area contributed by atoms with Crippen molar-refractivity contribution in [3.05, 3.63) is 29.8 Å². The van der Waals surface area contributed by atoms with E-state index in [0.29, 0.717) is 69.9 Å². The molecule has 1 aromatic carbocycles. The molecule has 2 saturated heterocycles. The number of hydrogen-bond donors (Lipinski definition) is 0. The molecular formula is C32H48FN5O6. The predicted molar refractivity (Wildman–Crippen MR) is 164 cm³/mol. The van der Waals surface area contributed by atoms with E-state index < -0.39 is 29.5 Å². The van der Waals surface area contributed by atoms with Gasteiger partial charge in [0.2, 0.25) is 5.91 Å². The Labute approximate surface area is 259 Å². The molecule has 4 rings (SSSR count). The number of hydrogen-bond acceptors (Lipinski definition) is 7. The van der Waals surface area contributed by atoms with Gasteiger partial charge in [-0.2, -0.15) is 0 Å². The summed E-state index contributed by atoms with van der Waals surface area (Å²) >= 11 is 0. The summed E-state index contributed by atoms with van der Waals surface area (Å²) in [6.07, 6.45) is 1.37. The van der Waals surface area contributed by atoms with Gasteiger partial charge in [-0.25, -0.2) is 14.2 Å². The molecule has 12 heteroatoms. The van der Waals surface area contributed by atoms with E-state index in [4.69, 9.17) is 14.2 Å². The number of morpholine rings is 1. The van der Waals surface area contributed by atoms with Gasteiger partial charge in [0.15, 0.2) is 5.82 Å². The molecule has 2 fully saturated rings. The van der Waals surface area contributed by atoms with Crippen LogP contribution in [-0.2, 0) is 25.5 Å². The molecule has 3 amide bonds. The molecule has 0 N–H and O–H groups in total. The summed E-state index contributed by atoms with van der Waals surface area (Å²) in [6.45, 7) is 13.2. The minimum absolute atomic E-state index is 0.0515. The Morgan fingerprint density at radius 1 is 1.11 bits per heavy atom. The van der Waals surface area contributed by atoms with Crippen LogP contribution < -0.4 is 0 Å². The van der Waals surface area contributed by atoms with E-state index in [9.17, 15) is 18.8 Å². The van der Waals surface area contributed by atoms with Gasteiger partial charge in [-0.15, -0.1) is 0 Å². The van der Waals surface area contributed by atoms with E-state index >= 15 is 0 Å². The maximum absolute atomic E-state index is 14.5. The third-order valence-corrected chi connectivity index (χ3v) is 7.90. The molecule has 2 atom stereocenters. The number of rotatable bonds is 10. The largest absolute Gasteiger partial charge is 0.444 e. The van der Waals surface area contributed by atoms with E-state index in [2.05, 4.69) is 4.98 Å². The van der Waals surface area contributed by atoms with Crippen molar-refractivity contribution in [3.8, 4) is 0 Å². The number of fused-ring (bicyclic) bond motifs is 1. The number of aromatic nitrogens is 2. The lowest BCUT2D eigenvalue weighted by molar-refractivity contribution is -0.142. The van der Waals surface area contributed by atoms with Gasteiger partial charge in [0.25, 0.3) is 5.91 Å². The van der Waals surface area contributed by atoms with Crippen LogP contribution in [0.3, 0.4) is 0 Å². The highest BCUT2D eigenvalue weighted by atomic mass is 19.1. The molecular weight excluding hydrogens is 569 g/mol. The van der Waals surface area contributed by atoms with Crippen molar-refractivity contribution in [2.24, 2.45) is 11.8 Å². The van der Waals surface area contributed by atoms with Crippen LogP contribution in [0.5, 0.6) is 0 Å². The summed E-state index contributed by atoms with van der Waals surface area (Å²) in [7, 11) is 1.64. The highest BCUT2D eigenvalue weighted by molar-refractivity contribution is 5.95. The Morgan fingerprint density at radius 3 is 2.50 bits per heavy atom. The smallest absolute Gasteiger partial charge is 0.410 e. The van der Waals surface area contributed by atoms with Gasteiger partial charge in [0.05, 0.1) is 36.2 Å². The lowest BCUT2D eigenvalue weighted by atomic mass is 9.91. The van der Waals surface area contributed by atoms with Crippen LogP contribution >= 0.6 is 0 Å². The quantitative estimate of drug-likeness (QED) is 0.368. The number of likely N-dealkylation sites (tertiary alicyclic amines) is 1. The van der Waals surface area contributed by atoms with Crippen molar-refractivity contribution in [2.45, 2.75) is 72.1 Å². The highest BCUT2D eigenvalue weighted by Crippen LogP contribution is 2.28. The monoisotopic (exact) mass is 617 g/mol. The average Bonchev–Trinajstić information content (AvgIpc) is 3.34. The molecule has 2 aliphatic heterocycles. The van der Waals surface area contributed by atoms with E-state index in [1.807, 2.05) is 13.8 Å². The standard InChI is InChI=1S/C32H48FN5O6/c1-22(2)19-38(30(40)28-34-26-10-9-24(33)18-27(26)37(28)11-7-8-14-42-6)25-17-23(29(39)35-12-15-43-16-13-35)20-36(21-25)31(41)44-32(3,4)5/h9-10,18,22-23,25H,7-8,11-17,19-21H2,1-6H3. The molecule has 0 spiro atoms. The van der Waals surface area contributed by atoms with Crippen molar-refractivity contribution >= 4 is 28.9 Å². The fourth-order valence-corrected chi connectivity index (χ4v) is 5.92. The molecule has 0 aliphatic carbocycles. The first-order valence-corrected chi connectivity index (χ1v) is 15.7. The molecule has 0 bridgehead atoms. The second-order valence-corrected chi connectivity index (χ2v) is 13.2. The second kappa shape index (κ2) is 14.7. The van der Waals surface area contributed by atoms with E-state index in [0.717, 1.165) is 6.42 Å². The molecule has 11 nitrogen and oxygen atoms in total. The zero-order valence-corrected chi connectivity index (χ0v) is 27.0. The van der Waals surface area contributed by atoms with Gasteiger partial charge >= 0.3 is 6.09 Å². The number of piperidine rings is 1. The number of halogens is 1. The fraction of sp³-hybridized carbons (Fsp3) is 0.688. The van der Waals surface area contributed by atoms with Crippen molar-refractivity contribution in [1.82, 2.24) is 24.3 Å². The van der Waals surface area contributed by atoms with Crippen LogP contribution in [0.15, 0.2) is 18.2 Å². The molecule has 44 heavy (non-hydrogen) atoms. The van der Waals surface area contributed by atoms with Crippen LogP contribution in [0, 0.1) is 17.7 Å². The number of carbonyl (C=O) groups is 3. The van der Waals surface area contributed by atoms with E-state index in [1.54, 1.807) is 53.2 Å². The summed E-state index contributed by atoms with van der Waals surface area (Å²) in [5, 5.41) is 0. The molecule has 2 aliphatic rings. The number of carbonyl (C=O) groups excluding carboxylic acids is 3. The maximum Gasteiger partial charge on any atom is 0.410 e. The third-order valence-electron chi connectivity index (χ3n) is 7.90. The van der Waals surface area contributed by atoms with Gasteiger partial charge in [-0.1, -0.05) is 13.8 Å². The number of methoxy groups -OCH3 is 1. The van der Waals surface area contributed by atoms with Crippen LogP contribution in [-0.4, -0.2) is 113 Å². The molecule has 244 valence electrons. The Kier molecular flexibility index (Phi) is 11.2. The fourth-order valence-electron chi connectivity index (χ4n) is 5.92. The third kappa shape index (κ3) is 8.47. The van der Waals surface area contributed by atoms with E-state index in [1.165, 1.54) is 12.1 Å². The second-order valence-electron chi connectivity index (χ2n) is 13.2. The summed E-state index contributed by atoms with van der Waals surface area (Å²) in [4.78, 5) is 51.4. The van der Waals surface area contributed by atoms with Gasteiger partial charge in [-0.05, 0) is 64.2 Å². The van der Waals surface area contributed by atoms with Gasteiger partial charge in [-0.3, -0.25) is 9.59 Å². The first-order valence-electron chi connectivity index (χ1n) is 15.7. The maximum atomic E-state index is 14.5. The van der Waals surface area contributed by atoms with Crippen molar-refractivity contribution in [3.63, 3.8) is 0 Å². The SMILES string of the molecule is COCCCCn1c(C(=O)N(CC(C)C)C2CC(C(=O)N3CCOCC3)CN(C(=O)OC(C)(C)C)C2)nc2ccc(F)cc21. The lowest BCUT2D eigenvalue weighted by Crippen LogP contribution is -2.58. The molecule has 2 unspecified atom stereocenters. The topological polar surface area (TPSA) is 106 Å². The Morgan fingerprint density at radius 2 is 1.84 bits per heavy atom. The number of benzene rings is 1. The van der Waals surface area contributed by atoms with E-state index in [-0.39, 0.29) is 36.6 Å². The van der Waals surface area contributed by atoms with Gasteiger partial charge in [0.1, 0.15) is 11.4 Å². The zero-order chi connectivity index (χ0) is 32.0. The highest BCUT2D eigenvalue weighted by Gasteiger charge is 2.41. The number of ether oxygens (including phenoxy) is 3.